The Labute approximate surface area is 119 Å². The summed E-state index contributed by atoms with van der Waals surface area (Å²) in [6.07, 6.45) is 3.06. The lowest BCUT2D eigenvalue weighted by atomic mass is 10.2. The van der Waals surface area contributed by atoms with Gasteiger partial charge in [0.1, 0.15) is 17.3 Å². The van der Waals surface area contributed by atoms with Crippen molar-refractivity contribution in [3.8, 4) is 11.5 Å². The molecule has 2 aromatic rings. The van der Waals surface area contributed by atoms with Gasteiger partial charge in [-0.1, -0.05) is 6.92 Å². The third-order valence-electron chi connectivity index (χ3n) is 2.98. The number of rotatable bonds is 7. The van der Waals surface area contributed by atoms with Crippen LogP contribution in [-0.2, 0) is 13.1 Å². The molecule has 0 bridgehead atoms. The van der Waals surface area contributed by atoms with Crippen molar-refractivity contribution < 1.29 is 9.47 Å². The standard InChI is InChI=1S/C15H21N3O2/c1-4-6-18-7-5-15(17-18)16-11-12-8-13(19-2)10-14(9-12)20-3/h5,7-10H,4,6,11H2,1-3H3,(H,16,17). The maximum atomic E-state index is 5.26. The molecule has 0 aliphatic heterocycles. The molecule has 0 fully saturated rings. The Kier molecular flexibility index (Phi) is 4.87. The molecule has 1 aromatic carbocycles. The molecule has 0 aliphatic rings. The second-order valence-electron chi connectivity index (χ2n) is 4.54. The summed E-state index contributed by atoms with van der Waals surface area (Å²) in [5.41, 5.74) is 1.09. The molecular formula is C15H21N3O2. The summed E-state index contributed by atoms with van der Waals surface area (Å²) in [7, 11) is 3.30. The van der Waals surface area contributed by atoms with Gasteiger partial charge < -0.3 is 14.8 Å². The van der Waals surface area contributed by atoms with Crippen LogP contribution in [0.3, 0.4) is 0 Å². The van der Waals surface area contributed by atoms with E-state index in [0.717, 1.165) is 35.8 Å². The highest BCUT2D eigenvalue weighted by Gasteiger charge is 2.03. The first-order valence-corrected chi connectivity index (χ1v) is 6.74. The summed E-state index contributed by atoms with van der Waals surface area (Å²) in [6, 6.07) is 7.81. The first-order chi connectivity index (χ1) is 9.75. The minimum absolute atomic E-state index is 0.677. The molecule has 1 aromatic heterocycles. The minimum atomic E-state index is 0.677. The van der Waals surface area contributed by atoms with Crippen molar-refractivity contribution in [2.75, 3.05) is 19.5 Å². The average Bonchev–Trinajstić information content (AvgIpc) is 2.93. The van der Waals surface area contributed by atoms with Gasteiger partial charge in [0.25, 0.3) is 0 Å². The third kappa shape index (κ3) is 3.66. The van der Waals surface area contributed by atoms with Gasteiger partial charge >= 0.3 is 0 Å². The minimum Gasteiger partial charge on any atom is -0.497 e. The molecule has 0 unspecified atom stereocenters. The van der Waals surface area contributed by atoms with E-state index in [1.54, 1.807) is 14.2 Å². The molecular weight excluding hydrogens is 254 g/mol. The van der Waals surface area contributed by atoms with Gasteiger partial charge in [0.15, 0.2) is 0 Å². The van der Waals surface area contributed by atoms with Gasteiger partial charge in [0.2, 0.25) is 0 Å². The molecule has 0 amide bonds. The summed E-state index contributed by atoms with van der Waals surface area (Å²) >= 11 is 0. The maximum Gasteiger partial charge on any atom is 0.148 e. The van der Waals surface area contributed by atoms with Gasteiger partial charge in [-0.2, -0.15) is 5.10 Å². The van der Waals surface area contributed by atoms with E-state index in [4.69, 9.17) is 9.47 Å². The lowest BCUT2D eigenvalue weighted by Gasteiger charge is -2.09. The van der Waals surface area contributed by atoms with Crippen molar-refractivity contribution in [3.63, 3.8) is 0 Å². The summed E-state index contributed by atoms with van der Waals surface area (Å²) in [5.74, 6) is 2.45. The van der Waals surface area contributed by atoms with Crippen molar-refractivity contribution in [2.24, 2.45) is 0 Å². The summed E-state index contributed by atoms with van der Waals surface area (Å²) < 4.78 is 12.5. The molecule has 0 aliphatic carbocycles. The second-order valence-corrected chi connectivity index (χ2v) is 4.54. The topological polar surface area (TPSA) is 48.3 Å². The van der Waals surface area contributed by atoms with Crippen LogP contribution in [0.5, 0.6) is 11.5 Å². The van der Waals surface area contributed by atoms with E-state index in [1.807, 2.05) is 35.1 Å². The number of aryl methyl sites for hydroxylation is 1. The van der Waals surface area contributed by atoms with Crippen LogP contribution in [0.2, 0.25) is 0 Å². The van der Waals surface area contributed by atoms with Crippen LogP contribution in [0.15, 0.2) is 30.5 Å². The smallest absolute Gasteiger partial charge is 0.148 e. The fourth-order valence-corrected chi connectivity index (χ4v) is 1.97. The number of hydrogen-bond acceptors (Lipinski definition) is 4. The molecule has 1 heterocycles. The quantitative estimate of drug-likeness (QED) is 0.844. The molecule has 20 heavy (non-hydrogen) atoms. The average molecular weight is 275 g/mol. The number of anilines is 1. The van der Waals surface area contributed by atoms with Crippen molar-refractivity contribution in [1.82, 2.24) is 9.78 Å². The lowest BCUT2D eigenvalue weighted by molar-refractivity contribution is 0.393. The normalized spacial score (nSPS) is 10.3. The van der Waals surface area contributed by atoms with E-state index < -0.39 is 0 Å². The largest absolute Gasteiger partial charge is 0.497 e. The van der Waals surface area contributed by atoms with E-state index in [2.05, 4.69) is 17.3 Å². The number of hydrogen-bond donors (Lipinski definition) is 1. The number of nitrogens with one attached hydrogen (secondary N) is 1. The Morgan fingerprint density at radius 1 is 1.15 bits per heavy atom. The van der Waals surface area contributed by atoms with Crippen molar-refractivity contribution in [1.29, 1.82) is 0 Å². The molecule has 0 saturated heterocycles. The van der Waals surface area contributed by atoms with Gasteiger partial charge in [-0.05, 0) is 24.1 Å². The van der Waals surface area contributed by atoms with Gasteiger partial charge in [0.05, 0.1) is 14.2 Å². The highest BCUT2D eigenvalue weighted by molar-refractivity contribution is 5.41. The first-order valence-electron chi connectivity index (χ1n) is 6.74. The van der Waals surface area contributed by atoms with Crippen LogP contribution in [0.4, 0.5) is 5.82 Å². The number of benzene rings is 1. The van der Waals surface area contributed by atoms with E-state index in [-0.39, 0.29) is 0 Å². The molecule has 0 atom stereocenters. The van der Waals surface area contributed by atoms with Crippen LogP contribution in [0.1, 0.15) is 18.9 Å². The Hall–Kier alpha value is -2.17. The molecule has 1 N–H and O–H groups in total. The molecule has 0 saturated carbocycles. The Balaban J connectivity index is 2.02. The second kappa shape index (κ2) is 6.84. The number of aromatic nitrogens is 2. The van der Waals surface area contributed by atoms with Gasteiger partial charge in [-0.25, -0.2) is 0 Å². The monoisotopic (exact) mass is 275 g/mol. The third-order valence-corrected chi connectivity index (χ3v) is 2.98. The van der Waals surface area contributed by atoms with Crippen LogP contribution in [-0.4, -0.2) is 24.0 Å². The van der Waals surface area contributed by atoms with Crippen molar-refractivity contribution >= 4 is 5.82 Å². The number of ether oxygens (including phenoxy) is 2. The van der Waals surface area contributed by atoms with Crippen LogP contribution >= 0.6 is 0 Å². The van der Waals surface area contributed by atoms with Crippen LogP contribution in [0.25, 0.3) is 0 Å². The van der Waals surface area contributed by atoms with Gasteiger partial charge in [0, 0.05) is 31.4 Å². The Bertz CT molecular complexity index is 530. The van der Waals surface area contributed by atoms with E-state index in [1.165, 1.54) is 0 Å². The van der Waals surface area contributed by atoms with E-state index in [0.29, 0.717) is 6.54 Å². The summed E-state index contributed by atoms with van der Waals surface area (Å²) in [6.45, 7) is 3.75. The molecule has 0 spiro atoms. The zero-order valence-electron chi connectivity index (χ0n) is 12.2. The molecule has 0 radical (unpaired) electrons. The molecule has 5 nitrogen and oxygen atoms in total. The summed E-state index contributed by atoms with van der Waals surface area (Å²) in [4.78, 5) is 0. The van der Waals surface area contributed by atoms with Crippen molar-refractivity contribution in [2.45, 2.75) is 26.4 Å². The lowest BCUT2D eigenvalue weighted by Crippen LogP contribution is -2.03. The fraction of sp³-hybridized carbons (Fsp3) is 0.400. The fourth-order valence-electron chi connectivity index (χ4n) is 1.97. The SMILES string of the molecule is CCCn1ccc(NCc2cc(OC)cc(OC)c2)n1. The zero-order valence-corrected chi connectivity index (χ0v) is 12.2. The highest BCUT2D eigenvalue weighted by atomic mass is 16.5. The van der Waals surface area contributed by atoms with Gasteiger partial charge in [-0.3, -0.25) is 4.68 Å². The zero-order chi connectivity index (χ0) is 14.4. The highest BCUT2D eigenvalue weighted by Crippen LogP contribution is 2.23. The molecule has 2 rings (SSSR count). The van der Waals surface area contributed by atoms with Crippen molar-refractivity contribution in [3.05, 3.63) is 36.0 Å². The van der Waals surface area contributed by atoms with Crippen LogP contribution < -0.4 is 14.8 Å². The number of nitrogens with zero attached hydrogens (tertiary/aromatic N) is 2. The van der Waals surface area contributed by atoms with Gasteiger partial charge in [-0.15, -0.1) is 0 Å². The van der Waals surface area contributed by atoms with E-state index >= 15 is 0 Å². The number of methoxy groups -OCH3 is 2. The Morgan fingerprint density at radius 3 is 2.45 bits per heavy atom. The first kappa shape index (κ1) is 14.2. The predicted molar refractivity (Wildman–Crippen MR) is 79.4 cm³/mol. The van der Waals surface area contributed by atoms with E-state index in [9.17, 15) is 0 Å². The molecule has 108 valence electrons. The summed E-state index contributed by atoms with van der Waals surface area (Å²) in [5, 5.41) is 7.74. The Morgan fingerprint density at radius 2 is 1.85 bits per heavy atom. The predicted octanol–water partition coefficient (Wildman–Crippen LogP) is 2.92. The van der Waals surface area contributed by atoms with Crippen LogP contribution in [0, 0.1) is 0 Å². The molecule has 5 heteroatoms. The maximum absolute atomic E-state index is 5.26.